The molecule has 0 aromatic heterocycles. The van der Waals surface area contributed by atoms with Crippen LogP contribution in [-0.2, 0) is 4.79 Å². The van der Waals surface area contributed by atoms with Gasteiger partial charge in [0.1, 0.15) is 11.8 Å². The standard InChI is InChI=1S/C10H7F3N2O3/c11-10(12,13)18-6-4-2-1-3-5(6)7-8(16)15-9(17)14-7/h1-4,7H,(H2,14,15,16,17)/t7-/m0/s1. The van der Waals surface area contributed by atoms with Crippen LogP contribution in [0.3, 0.4) is 0 Å². The number of halogens is 3. The predicted octanol–water partition coefficient (Wildman–Crippen LogP) is 1.47. The Morgan fingerprint density at radius 2 is 1.83 bits per heavy atom. The number of nitrogens with one attached hydrogen (secondary N) is 2. The molecular formula is C10H7F3N2O3. The van der Waals surface area contributed by atoms with Crippen molar-refractivity contribution in [2.24, 2.45) is 0 Å². The van der Waals surface area contributed by atoms with Gasteiger partial charge < -0.3 is 10.1 Å². The molecule has 1 aliphatic rings. The van der Waals surface area contributed by atoms with Gasteiger partial charge in [0.25, 0.3) is 5.91 Å². The van der Waals surface area contributed by atoms with E-state index in [9.17, 15) is 22.8 Å². The maximum absolute atomic E-state index is 12.2. The van der Waals surface area contributed by atoms with Gasteiger partial charge in [-0.3, -0.25) is 10.1 Å². The monoisotopic (exact) mass is 260 g/mol. The molecule has 1 aromatic carbocycles. The Bertz CT molecular complexity index is 501. The van der Waals surface area contributed by atoms with E-state index in [1.54, 1.807) is 0 Å². The number of carbonyl (C=O) groups is 2. The molecule has 2 N–H and O–H groups in total. The average Bonchev–Trinajstić information content (AvgIpc) is 2.56. The Labute approximate surface area is 98.9 Å². The molecule has 1 atom stereocenters. The van der Waals surface area contributed by atoms with E-state index in [0.29, 0.717) is 0 Å². The van der Waals surface area contributed by atoms with E-state index in [4.69, 9.17) is 0 Å². The number of amides is 3. The third-order valence-corrected chi connectivity index (χ3v) is 2.23. The topological polar surface area (TPSA) is 67.4 Å². The summed E-state index contributed by atoms with van der Waals surface area (Å²) in [6.45, 7) is 0. The van der Waals surface area contributed by atoms with Gasteiger partial charge in [-0.15, -0.1) is 13.2 Å². The van der Waals surface area contributed by atoms with E-state index in [0.717, 1.165) is 6.07 Å². The lowest BCUT2D eigenvalue weighted by atomic mass is 10.1. The SMILES string of the molecule is O=C1NC(=O)[C@H](c2ccccc2OC(F)(F)F)N1. The van der Waals surface area contributed by atoms with Crippen LogP contribution >= 0.6 is 0 Å². The molecule has 18 heavy (non-hydrogen) atoms. The lowest BCUT2D eigenvalue weighted by Crippen LogP contribution is -2.23. The number of carbonyl (C=O) groups excluding carboxylic acids is 2. The van der Waals surface area contributed by atoms with Crippen LogP contribution in [-0.4, -0.2) is 18.3 Å². The first-order chi connectivity index (χ1) is 8.37. The second kappa shape index (κ2) is 4.21. The Morgan fingerprint density at radius 3 is 2.39 bits per heavy atom. The van der Waals surface area contributed by atoms with Crippen molar-refractivity contribution >= 4 is 11.9 Å². The zero-order chi connectivity index (χ0) is 13.3. The van der Waals surface area contributed by atoms with Crippen molar-refractivity contribution in [3.63, 3.8) is 0 Å². The van der Waals surface area contributed by atoms with Gasteiger partial charge in [0.05, 0.1) is 0 Å². The Hall–Kier alpha value is -2.25. The average molecular weight is 260 g/mol. The van der Waals surface area contributed by atoms with Crippen LogP contribution in [0.5, 0.6) is 5.75 Å². The van der Waals surface area contributed by atoms with Crippen molar-refractivity contribution in [1.82, 2.24) is 10.6 Å². The highest BCUT2D eigenvalue weighted by Gasteiger charge is 2.37. The summed E-state index contributed by atoms with van der Waals surface area (Å²) in [7, 11) is 0. The van der Waals surface area contributed by atoms with Gasteiger partial charge in [0, 0.05) is 5.56 Å². The zero-order valence-electron chi connectivity index (χ0n) is 8.75. The van der Waals surface area contributed by atoms with Crippen LogP contribution in [0.15, 0.2) is 24.3 Å². The number of alkyl halides is 3. The van der Waals surface area contributed by atoms with Crippen molar-refractivity contribution in [2.45, 2.75) is 12.4 Å². The van der Waals surface area contributed by atoms with Crippen molar-refractivity contribution in [2.75, 3.05) is 0 Å². The summed E-state index contributed by atoms with van der Waals surface area (Å²) in [6, 6.07) is 3.18. The summed E-state index contributed by atoms with van der Waals surface area (Å²) in [6.07, 6.45) is -4.87. The highest BCUT2D eigenvalue weighted by atomic mass is 19.4. The Morgan fingerprint density at radius 1 is 1.17 bits per heavy atom. The van der Waals surface area contributed by atoms with E-state index in [1.807, 2.05) is 5.32 Å². The molecule has 0 bridgehead atoms. The molecule has 0 radical (unpaired) electrons. The zero-order valence-corrected chi connectivity index (χ0v) is 8.75. The minimum Gasteiger partial charge on any atom is -0.405 e. The lowest BCUT2D eigenvalue weighted by Gasteiger charge is -2.15. The molecule has 8 heteroatoms. The summed E-state index contributed by atoms with van der Waals surface area (Å²) in [5.41, 5.74) is -0.0572. The first-order valence-electron chi connectivity index (χ1n) is 4.83. The number of benzene rings is 1. The van der Waals surface area contributed by atoms with E-state index < -0.39 is 30.1 Å². The molecule has 0 unspecified atom stereocenters. The fraction of sp³-hybridized carbons (Fsp3) is 0.200. The molecule has 1 saturated heterocycles. The maximum atomic E-state index is 12.2. The fourth-order valence-electron chi connectivity index (χ4n) is 1.57. The first kappa shape index (κ1) is 12.2. The Kier molecular flexibility index (Phi) is 2.85. The molecule has 1 aliphatic heterocycles. The van der Waals surface area contributed by atoms with Crippen LogP contribution in [0.25, 0.3) is 0 Å². The molecule has 1 aromatic rings. The second-order valence-electron chi connectivity index (χ2n) is 3.48. The van der Waals surface area contributed by atoms with Crippen molar-refractivity contribution < 1.29 is 27.5 Å². The number of imide groups is 1. The number of hydrogen-bond donors (Lipinski definition) is 2. The molecule has 1 heterocycles. The third-order valence-electron chi connectivity index (χ3n) is 2.23. The quantitative estimate of drug-likeness (QED) is 0.791. The van der Waals surface area contributed by atoms with Crippen LogP contribution in [0.2, 0.25) is 0 Å². The van der Waals surface area contributed by atoms with Gasteiger partial charge in [-0.25, -0.2) is 4.79 Å². The van der Waals surface area contributed by atoms with Gasteiger partial charge in [0.15, 0.2) is 0 Å². The lowest BCUT2D eigenvalue weighted by molar-refractivity contribution is -0.275. The molecular weight excluding hydrogens is 253 g/mol. The van der Waals surface area contributed by atoms with Gasteiger partial charge in [0.2, 0.25) is 0 Å². The minimum atomic E-state index is -4.87. The number of urea groups is 1. The van der Waals surface area contributed by atoms with Gasteiger partial charge in [-0.2, -0.15) is 0 Å². The van der Waals surface area contributed by atoms with Crippen LogP contribution in [0.1, 0.15) is 11.6 Å². The largest absolute Gasteiger partial charge is 0.573 e. The molecule has 3 amide bonds. The fourth-order valence-corrected chi connectivity index (χ4v) is 1.57. The minimum absolute atomic E-state index is 0.0572. The first-order valence-corrected chi connectivity index (χ1v) is 4.83. The molecule has 96 valence electrons. The maximum Gasteiger partial charge on any atom is 0.573 e. The van der Waals surface area contributed by atoms with Crippen LogP contribution in [0, 0.1) is 0 Å². The van der Waals surface area contributed by atoms with Crippen molar-refractivity contribution in [3.8, 4) is 5.75 Å². The van der Waals surface area contributed by atoms with Crippen molar-refractivity contribution in [3.05, 3.63) is 29.8 Å². The van der Waals surface area contributed by atoms with Gasteiger partial charge in [-0.1, -0.05) is 18.2 Å². The predicted molar refractivity (Wildman–Crippen MR) is 52.5 cm³/mol. The molecule has 1 fully saturated rings. The van der Waals surface area contributed by atoms with Crippen LogP contribution < -0.4 is 15.4 Å². The van der Waals surface area contributed by atoms with E-state index in [2.05, 4.69) is 10.1 Å². The molecule has 5 nitrogen and oxygen atoms in total. The summed E-state index contributed by atoms with van der Waals surface area (Å²) in [5, 5.41) is 4.13. The normalized spacial score (nSPS) is 19.4. The number of rotatable bonds is 2. The highest BCUT2D eigenvalue weighted by Crippen LogP contribution is 2.31. The van der Waals surface area contributed by atoms with E-state index >= 15 is 0 Å². The summed E-state index contributed by atoms with van der Waals surface area (Å²) < 4.78 is 40.3. The summed E-state index contributed by atoms with van der Waals surface area (Å²) >= 11 is 0. The van der Waals surface area contributed by atoms with E-state index in [-0.39, 0.29) is 5.56 Å². The smallest absolute Gasteiger partial charge is 0.405 e. The summed E-state index contributed by atoms with van der Waals surface area (Å²) in [5.74, 6) is -1.24. The van der Waals surface area contributed by atoms with Crippen LogP contribution in [0.4, 0.5) is 18.0 Å². The van der Waals surface area contributed by atoms with Gasteiger partial charge >= 0.3 is 12.4 Å². The Balaban J connectivity index is 2.33. The molecule has 0 spiro atoms. The number of hydrogen-bond acceptors (Lipinski definition) is 3. The van der Waals surface area contributed by atoms with Crippen molar-refractivity contribution in [1.29, 1.82) is 0 Å². The number of ether oxygens (including phenoxy) is 1. The second-order valence-corrected chi connectivity index (χ2v) is 3.48. The number of para-hydroxylation sites is 1. The third kappa shape index (κ3) is 2.53. The molecule has 2 rings (SSSR count). The highest BCUT2D eigenvalue weighted by molar-refractivity contribution is 6.04. The molecule has 0 aliphatic carbocycles. The van der Waals surface area contributed by atoms with Gasteiger partial charge in [-0.05, 0) is 6.07 Å². The summed E-state index contributed by atoms with van der Waals surface area (Å²) in [4.78, 5) is 22.3. The van der Waals surface area contributed by atoms with E-state index in [1.165, 1.54) is 18.2 Å². The molecule has 0 saturated carbocycles.